The molecule has 1 aliphatic heterocycles. The number of hydrogen-bond acceptors (Lipinski definition) is 3. The summed E-state index contributed by atoms with van der Waals surface area (Å²) in [4.78, 5) is 29.5. The van der Waals surface area contributed by atoms with E-state index < -0.39 is 5.41 Å². The van der Waals surface area contributed by atoms with Crippen molar-refractivity contribution in [3.05, 3.63) is 29.3 Å². The molecule has 0 unspecified atom stereocenters. The van der Waals surface area contributed by atoms with Gasteiger partial charge in [-0.05, 0) is 45.9 Å². The number of amides is 2. The van der Waals surface area contributed by atoms with Gasteiger partial charge in [-0.3, -0.25) is 9.59 Å². The van der Waals surface area contributed by atoms with Gasteiger partial charge in [-0.1, -0.05) is 18.2 Å². The maximum Gasteiger partial charge on any atom is 0.239 e. The maximum atomic E-state index is 12.8. The third-order valence-corrected chi connectivity index (χ3v) is 4.61. The molecule has 126 valence electrons. The Morgan fingerprint density at radius 3 is 2.09 bits per heavy atom. The molecule has 1 fully saturated rings. The number of carbonyl (C=O) groups is 2. The molecule has 5 nitrogen and oxygen atoms in total. The second-order valence-electron chi connectivity index (χ2n) is 6.94. The summed E-state index contributed by atoms with van der Waals surface area (Å²) in [5.74, 6) is -0.354. The Morgan fingerprint density at radius 1 is 1.04 bits per heavy atom. The number of aryl methyl sites for hydroxylation is 2. The summed E-state index contributed by atoms with van der Waals surface area (Å²) in [5, 5.41) is 2.95. The average Bonchev–Trinajstić information content (AvgIpc) is 2.50. The Balaban J connectivity index is 2.12. The van der Waals surface area contributed by atoms with E-state index in [9.17, 15) is 9.59 Å². The molecule has 0 atom stereocenters. The first-order valence-electron chi connectivity index (χ1n) is 8.09. The van der Waals surface area contributed by atoms with Crippen molar-refractivity contribution in [1.29, 1.82) is 0 Å². The Kier molecular flexibility index (Phi) is 5.09. The molecular formula is C18H27N3O2. The van der Waals surface area contributed by atoms with E-state index in [1.54, 1.807) is 18.7 Å². The van der Waals surface area contributed by atoms with Crippen LogP contribution in [0.15, 0.2) is 18.2 Å². The van der Waals surface area contributed by atoms with Crippen molar-refractivity contribution in [3.63, 3.8) is 0 Å². The summed E-state index contributed by atoms with van der Waals surface area (Å²) < 4.78 is 0. The largest absolute Gasteiger partial charge is 0.339 e. The lowest BCUT2D eigenvalue weighted by molar-refractivity contribution is -0.147. The van der Waals surface area contributed by atoms with Gasteiger partial charge in [0, 0.05) is 31.9 Å². The SMILES string of the molecule is Cc1cccc(C)c1NC(=O)C(C)(C)C(=O)N1CCN(C)CC1. The normalized spacial score (nSPS) is 16.3. The van der Waals surface area contributed by atoms with Crippen LogP contribution in [0.5, 0.6) is 0 Å². The average molecular weight is 317 g/mol. The summed E-state index contributed by atoms with van der Waals surface area (Å²) in [6.07, 6.45) is 0. The lowest BCUT2D eigenvalue weighted by Gasteiger charge is -2.36. The molecule has 1 N–H and O–H groups in total. The van der Waals surface area contributed by atoms with Gasteiger partial charge < -0.3 is 15.1 Å². The Labute approximate surface area is 138 Å². The van der Waals surface area contributed by atoms with Gasteiger partial charge in [0.25, 0.3) is 0 Å². The van der Waals surface area contributed by atoms with Gasteiger partial charge in [0.15, 0.2) is 0 Å². The van der Waals surface area contributed by atoms with E-state index >= 15 is 0 Å². The fraction of sp³-hybridized carbons (Fsp3) is 0.556. The van der Waals surface area contributed by atoms with Crippen LogP contribution in [-0.4, -0.2) is 54.8 Å². The maximum absolute atomic E-state index is 12.8. The number of benzene rings is 1. The minimum atomic E-state index is -1.08. The molecule has 0 aromatic heterocycles. The van der Waals surface area contributed by atoms with Gasteiger partial charge in [-0.2, -0.15) is 0 Å². The number of nitrogens with zero attached hydrogens (tertiary/aromatic N) is 2. The standard InChI is InChI=1S/C18H27N3O2/c1-13-7-6-8-14(2)15(13)19-16(22)18(3,4)17(23)21-11-9-20(5)10-12-21/h6-8H,9-12H2,1-5H3,(H,19,22). The highest BCUT2D eigenvalue weighted by atomic mass is 16.2. The molecule has 5 heteroatoms. The number of likely N-dealkylation sites (N-methyl/N-ethyl adjacent to an activating group) is 1. The molecule has 2 rings (SSSR count). The van der Waals surface area contributed by atoms with Gasteiger partial charge in [0.1, 0.15) is 5.41 Å². The van der Waals surface area contributed by atoms with Crippen LogP contribution in [0, 0.1) is 19.3 Å². The van der Waals surface area contributed by atoms with E-state index in [0.29, 0.717) is 13.1 Å². The number of para-hydroxylation sites is 1. The zero-order valence-electron chi connectivity index (χ0n) is 14.8. The monoisotopic (exact) mass is 317 g/mol. The fourth-order valence-electron chi connectivity index (χ4n) is 2.78. The summed E-state index contributed by atoms with van der Waals surface area (Å²) in [6, 6.07) is 5.87. The Morgan fingerprint density at radius 2 is 1.57 bits per heavy atom. The molecule has 1 heterocycles. The molecule has 1 saturated heterocycles. The van der Waals surface area contributed by atoms with E-state index in [-0.39, 0.29) is 11.8 Å². The second kappa shape index (κ2) is 6.71. The molecule has 0 spiro atoms. The highest BCUT2D eigenvalue weighted by Crippen LogP contribution is 2.26. The van der Waals surface area contributed by atoms with Gasteiger partial charge in [-0.15, -0.1) is 0 Å². The lowest BCUT2D eigenvalue weighted by Crippen LogP contribution is -2.53. The van der Waals surface area contributed by atoms with Gasteiger partial charge >= 0.3 is 0 Å². The zero-order chi connectivity index (χ0) is 17.2. The first kappa shape index (κ1) is 17.5. The summed E-state index contributed by atoms with van der Waals surface area (Å²) in [6.45, 7) is 10.4. The fourth-order valence-corrected chi connectivity index (χ4v) is 2.78. The molecule has 1 aromatic carbocycles. The number of carbonyl (C=O) groups excluding carboxylic acids is 2. The van der Waals surface area contributed by atoms with E-state index in [2.05, 4.69) is 10.2 Å². The van der Waals surface area contributed by atoms with Crippen molar-refractivity contribution < 1.29 is 9.59 Å². The summed E-state index contributed by atoms with van der Waals surface area (Å²) >= 11 is 0. The van der Waals surface area contributed by atoms with E-state index in [0.717, 1.165) is 29.9 Å². The molecule has 1 aliphatic rings. The highest BCUT2D eigenvalue weighted by molar-refractivity contribution is 6.10. The molecular weight excluding hydrogens is 290 g/mol. The second-order valence-corrected chi connectivity index (χ2v) is 6.94. The van der Waals surface area contributed by atoms with Crippen molar-refractivity contribution in [2.75, 3.05) is 38.5 Å². The molecule has 2 amide bonds. The van der Waals surface area contributed by atoms with E-state index in [1.165, 1.54) is 0 Å². The zero-order valence-corrected chi connectivity index (χ0v) is 14.8. The Bertz CT molecular complexity index is 582. The highest BCUT2D eigenvalue weighted by Gasteiger charge is 2.40. The van der Waals surface area contributed by atoms with Crippen LogP contribution in [-0.2, 0) is 9.59 Å². The first-order chi connectivity index (χ1) is 10.7. The molecule has 23 heavy (non-hydrogen) atoms. The van der Waals surface area contributed by atoms with Gasteiger partial charge in [0.2, 0.25) is 11.8 Å². The minimum absolute atomic E-state index is 0.102. The minimum Gasteiger partial charge on any atom is -0.339 e. The van der Waals surface area contributed by atoms with Crippen LogP contribution < -0.4 is 5.32 Å². The van der Waals surface area contributed by atoms with Crippen molar-refractivity contribution in [1.82, 2.24) is 9.80 Å². The molecule has 0 radical (unpaired) electrons. The van der Waals surface area contributed by atoms with E-state index in [4.69, 9.17) is 0 Å². The van der Waals surface area contributed by atoms with Crippen molar-refractivity contribution >= 4 is 17.5 Å². The molecule has 0 aliphatic carbocycles. The van der Waals surface area contributed by atoms with Crippen molar-refractivity contribution in [2.24, 2.45) is 5.41 Å². The summed E-state index contributed by atoms with van der Waals surface area (Å²) in [7, 11) is 2.04. The van der Waals surface area contributed by atoms with Crippen molar-refractivity contribution in [3.8, 4) is 0 Å². The van der Waals surface area contributed by atoms with Crippen LogP contribution in [0.3, 0.4) is 0 Å². The van der Waals surface area contributed by atoms with Crippen LogP contribution in [0.2, 0.25) is 0 Å². The van der Waals surface area contributed by atoms with Crippen LogP contribution in [0.1, 0.15) is 25.0 Å². The van der Waals surface area contributed by atoms with Gasteiger partial charge in [-0.25, -0.2) is 0 Å². The smallest absolute Gasteiger partial charge is 0.239 e. The number of rotatable bonds is 3. The predicted octanol–water partition coefficient (Wildman–Crippen LogP) is 2.04. The number of hydrogen-bond donors (Lipinski definition) is 1. The number of nitrogens with one attached hydrogen (secondary N) is 1. The molecule has 1 aromatic rings. The molecule has 0 bridgehead atoms. The third kappa shape index (κ3) is 3.72. The number of piperazine rings is 1. The van der Waals surface area contributed by atoms with Crippen LogP contribution in [0.4, 0.5) is 5.69 Å². The quantitative estimate of drug-likeness (QED) is 0.868. The Hall–Kier alpha value is -1.88. The predicted molar refractivity (Wildman–Crippen MR) is 92.4 cm³/mol. The van der Waals surface area contributed by atoms with Crippen molar-refractivity contribution in [2.45, 2.75) is 27.7 Å². The van der Waals surface area contributed by atoms with E-state index in [1.807, 2.05) is 39.1 Å². The van der Waals surface area contributed by atoms with Gasteiger partial charge in [0.05, 0.1) is 0 Å². The first-order valence-corrected chi connectivity index (χ1v) is 8.09. The van der Waals surface area contributed by atoms with Crippen LogP contribution >= 0.6 is 0 Å². The summed E-state index contributed by atoms with van der Waals surface area (Å²) in [5.41, 5.74) is 1.73. The topological polar surface area (TPSA) is 52.7 Å². The third-order valence-electron chi connectivity index (χ3n) is 4.61. The number of anilines is 1. The lowest BCUT2D eigenvalue weighted by atomic mass is 9.89. The molecule has 0 saturated carbocycles. The van der Waals surface area contributed by atoms with Crippen LogP contribution in [0.25, 0.3) is 0 Å².